The molecule has 0 radical (unpaired) electrons. The molecule has 0 spiro atoms. The summed E-state index contributed by atoms with van der Waals surface area (Å²) in [6.07, 6.45) is 1.63. The van der Waals surface area contributed by atoms with Crippen LogP contribution in [0, 0.1) is 0 Å². The number of rotatable bonds is 3. The van der Waals surface area contributed by atoms with Gasteiger partial charge in [-0.3, -0.25) is 0 Å². The summed E-state index contributed by atoms with van der Waals surface area (Å²) in [5.41, 5.74) is 9.46. The topological polar surface area (TPSA) is 70.7 Å². The number of nitrogens with two attached hydrogens (primary N) is 1. The minimum atomic E-state index is -0.666. The molecule has 0 saturated heterocycles. The number of nitrogens with zero attached hydrogens (tertiary/aromatic N) is 2. The summed E-state index contributed by atoms with van der Waals surface area (Å²) in [6, 6.07) is 15.8. The summed E-state index contributed by atoms with van der Waals surface area (Å²) in [6.45, 7) is 0.550. The molecular weight excluding hydrogens is 284 g/mol. The summed E-state index contributed by atoms with van der Waals surface area (Å²) in [5, 5.41) is 3.81. The van der Waals surface area contributed by atoms with Crippen LogP contribution in [0.15, 0.2) is 63.4 Å². The predicted octanol–water partition coefficient (Wildman–Crippen LogP) is 2.94. The third-order valence-corrected chi connectivity index (χ3v) is 4.19. The molecule has 1 aliphatic rings. The van der Waals surface area contributed by atoms with Gasteiger partial charge in [0, 0.05) is 16.0 Å². The number of carbonyl (C=O) groups excluding carboxylic acids is 1. The molecule has 1 heterocycles. The maximum atomic E-state index is 10.6. The van der Waals surface area contributed by atoms with Crippen molar-refractivity contribution in [3.8, 4) is 0 Å². The second-order valence-electron chi connectivity index (χ2n) is 4.44. The van der Waals surface area contributed by atoms with Gasteiger partial charge in [-0.25, -0.2) is 10.2 Å². The number of benzene rings is 2. The van der Waals surface area contributed by atoms with Crippen molar-refractivity contribution in [1.29, 1.82) is 0 Å². The van der Waals surface area contributed by atoms with Gasteiger partial charge in [0.1, 0.15) is 0 Å². The van der Waals surface area contributed by atoms with Crippen LogP contribution < -0.4 is 16.1 Å². The molecule has 0 saturated carbocycles. The van der Waals surface area contributed by atoms with E-state index in [0.29, 0.717) is 6.54 Å². The molecule has 5 nitrogen and oxygen atoms in total. The van der Waals surface area contributed by atoms with Crippen LogP contribution in [-0.2, 0) is 0 Å². The Balaban J connectivity index is 1.91. The van der Waals surface area contributed by atoms with Crippen LogP contribution in [0.25, 0.3) is 0 Å². The summed E-state index contributed by atoms with van der Waals surface area (Å²) in [5.74, 6) is 0. The van der Waals surface area contributed by atoms with Crippen molar-refractivity contribution in [2.45, 2.75) is 9.79 Å². The van der Waals surface area contributed by atoms with Crippen molar-refractivity contribution in [1.82, 2.24) is 5.43 Å². The average molecular weight is 298 g/mol. The first kappa shape index (κ1) is 13.5. The minimum absolute atomic E-state index is 0.550. The fourth-order valence-electron chi connectivity index (χ4n) is 2.21. The molecule has 3 rings (SSSR count). The van der Waals surface area contributed by atoms with Gasteiger partial charge in [-0.2, -0.15) is 5.10 Å². The summed E-state index contributed by atoms with van der Waals surface area (Å²) < 4.78 is 0. The molecule has 0 unspecified atom stereocenters. The van der Waals surface area contributed by atoms with Crippen LogP contribution in [0.1, 0.15) is 0 Å². The first-order valence-electron chi connectivity index (χ1n) is 6.46. The van der Waals surface area contributed by atoms with Gasteiger partial charge in [0.05, 0.1) is 17.9 Å². The molecular formula is C15H14N4OS. The Kier molecular flexibility index (Phi) is 3.79. The normalized spacial score (nSPS) is 12.9. The number of anilines is 2. The zero-order valence-electron chi connectivity index (χ0n) is 11.2. The Hall–Kier alpha value is -2.47. The maximum absolute atomic E-state index is 10.6. The van der Waals surface area contributed by atoms with Gasteiger partial charge in [0.15, 0.2) is 0 Å². The molecule has 0 atom stereocenters. The fraction of sp³-hybridized carbons (Fsp3) is 0.0667. The van der Waals surface area contributed by atoms with Gasteiger partial charge in [-0.05, 0) is 24.3 Å². The lowest BCUT2D eigenvalue weighted by molar-refractivity contribution is 0.249. The van der Waals surface area contributed by atoms with Crippen molar-refractivity contribution in [2.24, 2.45) is 10.8 Å². The first-order valence-corrected chi connectivity index (χ1v) is 7.28. The van der Waals surface area contributed by atoms with Crippen LogP contribution >= 0.6 is 11.8 Å². The monoisotopic (exact) mass is 298 g/mol. The highest BCUT2D eigenvalue weighted by Gasteiger charge is 2.21. The van der Waals surface area contributed by atoms with Gasteiger partial charge >= 0.3 is 6.03 Å². The average Bonchev–Trinajstić information content (AvgIpc) is 2.50. The van der Waals surface area contributed by atoms with E-state index < -0.39 is 6.03 Å². The molecule has 2 aromatic carbocycles. The fourth-order valence-corrected chi connectivity index (χ4v) is 3.31. The van der Waals surface area contributed by atoms with E-state index >= 15 is 0 Å². The third kappa shape index (κ3) is 2.85. The number of amides is 2. The molecule has 0 fully saturated rings. The van der Waals surface area contributed by atoms with Crippen LogP contribution in [0.3, 0.4) is 0 Å². The van der Waals surface area contributed by atoms with Crippen molar-refractivity contribution >= 4 is 35.4 Å². The number of fused-ring (bicyclic) bond motifs is 2. The number of hydrazone groups is 1. The SMILES string of the molecule is NC(=O)N/N=C/CN1c2ccccc2Sc2ccccc21. The maximum Gasteiger partial charge on any atom is 0.332 e. The van der Waals surface area contributed by atoms with Gasteiger partial charge < -0.3 is 10.6 Å². The predicted molar refractivity (Wildman–Crippen MR) is 85.2 cm³/mol. The highest BCUT2D eigenvalue weighted by molar-refractivity contribution is 7.99. The van der Waals surface area contributed by atoms with Crippen LogP contribution in [0.5, 0.6) is 0 Å². The Morgan fingerprint density at radius 1 is 1.14 bits per heavy atom. The van der Waals surface area contributed by atoms with E-state index in [2.05, 4.69) is 39.7 Å². The van der Waals surface area contributed by atoms with E-state index in [1.54, 1.807) is 18.0 Å². The zero-order valence-corrected chi connectivity index (χ0v) is 12.0. The van der Waals surface area contributed by atoms with E-state index in [9.17, 15) is 4.79 Å². The second-order valence-corrected chi connectivity index (χ2v) is 5.52. The Bertz CT molecular complexity index is 656. The molecule has 0 bridgehead atoms. The molecule has 0 aromatic heterocycles. The molecule has 1 aliphatic heterocycles. The van der Waals surface area contributed by atoms with E-state index in [-0.39, 0.29) is 0 Å². The van der Waals surface area contributed by atoms with Crippen molar-refractivity contribution < 1.29 is 4.79 Å². The van der Waals surface area contributed by atoms with E-state index in [4.69, 9.17) is 5.73 Å². The standard InChI is InChI=1S/C15H14N4OS/c16-15(20)18-17-9-10-19-11-5-1-3-7-13(11)21-14-8-4-2-6-12(14)19/h1-9H,10H2,(H3,16,18,20)/b17-9+. The Morgan fingerprint density at radius 3 is 2.29 bits per heavy atom. The molecule has 6 heteroatoms. The number of urea groups is 1. The summed E-state index contributed by atoms with van der Waals surface area (Å²) >= 11 is 1.75. The van der Waals surface area contributed by atoms with Crippen molar-refractivity contribution in [3.05, 3.63) is 48.5 Å². The first-order chi connectivity index (χ1) is 10.3. The molecule has 2 amide bonds. The summed E-state index contributed by atoms with van der Waals surface area (Å²) in [4.78, 5) is 15.2. The molecule has 2 aromatic rings. The van der Waals surface area contributed by atoms with Crippen LogP contribution in [0.4, 0.5) is 16.2 Å². The van der Waals surface area contributed by atoms with E-state index in [0.717, 1.165) is 11.4 Å². The van der Waals surface area contributed by atoms with E-state index in [1.165, 1.54) is 9.79 Å². The number of hydrogen-bond donors (Lipinski definition) is 2. The number of para-hydroxylation sites is 2. The van der Waals surface area contributed by atoms with Gasteiger partial charge in [-0.15, -0.1) is 0 Å². The molecule has 21 heavy (non-hydrogen) atoms. The minimum Gasteiger partial charge on any atom is -0.350 e. The largest absolute Gasteiger partial charge is 0.350 e. The smallest absolute Gasteiger partial charge is 0.332 e. The highest BCUT2D eigenvalue weighted by Crippen LogP contribution is 2.47. The molecule has 0 aliphatic carbocycles. The Labute approximate surface area is 126 Å². The molecule has 106 valence electrons. The lowest BCUT2D eigenvalue weighted by Gasteiger charge is -2.31. The van der Waals surface area contributed by atoms with E-state index in [1.807, 2.05) is 24.3 Å². The van der Waals surface area contributed by atoms with Crippen molar-refractivity contribution in [2.75, 3.05) is 11.4 Å². The number of nitrogens with one attached hydrogen (secondary N) is 1. The summed E-state index contributed by atoms with van der Waals surface area (Å²) in [7, 11) is 0. The van der Waals surface area contributed by atoms with Crippen LogP contribution in [0.2, 0.25) is 0 Å². The lowest BCUT2D eigenvalue weighted by atomic mass is 10.2. The van der Waals surface area contributed by atoms with Gasteiger partial charge in [0.25, 0.3) is 0 Å². The third-order valence-electron chi connectivity index (χ3n) is 3.06. The Morgan fingerprint density at radius 2 is 1.71 bits per heavy atom. The quantitative estimate of drug-likeness (QED) is 0.676. The van der Waals surface area contributed by atoms with Crippen LogP contribution in [-0.4, -0.2) is 18.8 Å². The van der Waals surface area contributed by atoms with Crippen molar-refractivity contribution in [3.63, 3.8) is 0 Å². The van der Waals surface area contributed by atoms with Gasteiger partial charge in [0.2, 0.25) is 0 Å². The zero-order chi connectivity index (χ0) is 14.7. The number of carbonyl (C=O) groups is 1. The number of hydrogen-bond acceptors (Lipinski definition) is 4. The lowest BCUT2D eigenvalue weighted by Crippen LogP contribution is -2.27. The van der Waals surface area contributed by atoms with Gasteiger partial charge in [-0.1, -0.05) is 36.0 Å². The second kappa shape index (κ2) is 5.88. The number of primary amides is 1. The molecule has 3 N–H and O–H groups in total. The highest BCUT2D eigenvalue weighted by atomic mass is 32.2.